The predicted octanol–water partition coefficient (Wildman–Crippen LogP) is 2.92. The zero-order valence-corrected chi connectivity index (χ0v) is 13.3. The highest BCUT2D eigenvalue weighted by Gasteiger charge is 2.11. The first kappa shape index (κ1) is 15.9. The maximum Gasteiger partial charge on any atom is 0.159 e. The number of likely N-dealkylation sites (N-methyl/N-ethyl adjacent to an activating group) is 1. The van der Waals surface area contributed by atoms with E-state index in [0.29, 0.717) is 17.4 Å². The molecule has 0 amide bonds. The molecule has 0 bridgehead atoms. The summed E-state index contributed by atoms with van der Waals surface area (Å²) >= 11 is 5.91. The standard InChI is InChI=1S/C16H20ClN3O/c1-11-8-15(9-20(3)12(2)10-21)19-16(18-11)13-4-6-14(17)7-5-13/h4-8,12,21H,9-10H2,1-3H3. The molecule has 4 nitrogen and oxygen atoms in total. The van der Waals surface area contributed by atoms with Crippen LogP contribution in [0.5, 0.6) is 0 Å². The third kappa shape index (κ3) is 4.24. The molecule has 0 radical (unpaired) electrons. The first-order chi connectivity index (χ1) is 9.99. The Hall–Kier alpha value is -1.49. The van der Waals surface area contributed by atoms with Gasteiger partial charge in [-0.05, 0) is 51.2 Å². The number of aliphatic hydroxyl groups is 1. The maximum absolute atomic E-state index is 9.21. The van der Waals surface area contributed by atoms with Gasteiger partial charge in [-0.2, -0.15) is 0 Å². The first-order valence-corrected chi connectivity index (χ1v) is 7.29. The van der Waals surface area contributed by atoms with Crippen LogP contribution in [-0.2, 0) is 6.54 Å². The van der Waals surface area contributed by atoms with E-state index in [2.05, 4.69) is 14.9 Å². The van der Waals surface area contributed by atoms with Gasteiger partial charge >= 0.3 is 0 Å². The molecule has 1 aromatic carbocycles. The van der Waals surface area contributed by atoms with E-state index < -0.39 is 0 Å². The average Bonchev–Trinajstić information content (AvgIpc) is 2.46. The zero-order valence-electron chi connectivity index (χ0n) is 12.5. The van der Waals surface area contributed by atoms with Crippen molar-refractivity contribution < 1.29 is 5.11 Å². The van der Waals surface area contributed by atoms with E-state index in [1.165, 1.54) is 0 Å². The molecular formula is C16H20ClN3O. The monoisotopic (exact) mass is 305 g/mol. The minimum atomic E-state index is 0.0965. The molecule has 0 saturated carbocycles. The van der Waals surface area contributed by atoms with Crippen molar-refractivity contribution in [2.24, 2.45) is 0 Å². The van der Waals surface area contributed by atoms with Gasteiger partial charge in [-0.15, -0.1) is 0 Å². The molecule has 0 saturated heterocycles. The summed E-state index contributed by atoms with van der Waals surface area (Å²) in [5.41, 5.74) is 2.81. The predicted molar refractivity (Wildman–Crippen MR) is 85.2 cm³/mol. The Balaban J connectivity index is 2.27. The van der Waals surface area contributed by atoms with E-state index >= 15 is 0 Å². The van der Waals surface area contributed by atoms with Gasteiger partial charge in [0.25, 0.3) is 0 Å². The largest absolute Gasteiger partial charge is 0.395 e. The molecule has 1 heterocycles. The van der Waals surface area contributed by atoms with Crippen LogP contribution in [0.25, 0.3) is 11.4 Å². The van der Waals surface area contributed by atoms with Crippen molar-refractivity contribution in [2.45, 2.75) is 26.4 Å². The van der Waals surface area contributed by atoms with Crippen LogP contribution in [0.3, 0.4) is 0 Å². The lowest BCUT2D eigenvalue weighted by Gasteiger charge is -2.22. The van der Waals surface area contributed by atoms with Crippen LogP contribution in [0, 0.1) is 6.92 Å². The molecule has 0 aliphatic heterocycles. The molecule has 0 spiro atoms. The van der Waals surface area contributed by atoms with Crippen LogP contribution in [0.1, 0.15) is 18.3 Å². The van der Waals surface area contributed by atoms with E-state index in [1.54, 1.807) is 0 Å². The van der Waals surface area contributed by atoms with Gasteiger partial charge in [0.15, 0.2) is 5.82 Å². The molecule has 2 rings (SSSR count). The quantitative estimate of drug-likeness (QED) is 0.923. The summed E-state index contributed by atoms with van der Waals surface area (Å²) < 4.78 is 0. The normalized spacial score (nSPS) is 12.7. The summed E-state index contributed by atoms with van der Waals surface area (Å²) in [6.07, 6.45) is 0. The van der Waals surface area contributed by atoms with Gasteiger partial charge < -0.3 is 5.11 Å². The highest BCUT2D eigenvalue weighted by atomic mass is 35.5. The van der Waals surface area contributed by atoms with Crippen molar-refractivity contribution >= 4 is 11.6 Å². The van der Waals surface area contributed by atoms with Gasteiger partial charge in [0.1, 0.15) is 0 Å². The fraction of sp³-hybridized carbons (Fsp3) is 0.375. The van der Waals surface area contributed by atoms with Gasteiger partial charge in [-0.3, -0.25) is 4.90 Å². The van der Waals surface area contributed by atoms with Crippen LogP contribution >= 0.6 is 11.6 Å². The third-order valence-corrected chi connectivity index (χ3v) is 3.69. The summed E-state index contributed by atoms with van der Waals surface area (Å²) in [7, 11) is 1.97. The molecule has 0 fully saturated rings. The summed E-state index contributed by atoms with van der Waals surface area (Å²) in [5.74, 6) is 0.701. The molecule has 112 valence electrons. The zero-order chi connectivity index (χ0) is 15.4. The third-order valence-electron chi connectivity index (χ3n) is 3.44. The van der Waals surface area contributed by atoms with Gasteiger partial charge in [0.2, 0.25) is 0 Å². The Morgan fingerprint density at radius 1 is 1.24 bits per heavy atom. The molecule has 0 aliphatic carbocycles. The van der Waals surface area contributed by atoms with E-state index in [-0.39, 0.29) is 12.6 Å². The molecule has 21 heavy (non-hydrogen) atoms. The number of halogens is 1. The van der Waals surface area contributed by atoms with E-state index in [4.69, 9.17) is 11.6 Å². The lowest BCUT2D eigenvalue weighted by Crippen LogP contribution is -2.31. The van der Waals surface area contributed by atoms with E-state index in [9.17, 15) is 5.11 Å². The maximum atomic E-state index is 9.21. The van der Waals surface area contributed by atoms with Crippen LogP contribution in [0.15, 0.2) is 30.3 Å². The van der Waals surface area contributed by atoms with Gasteiger partial charge in [0.05, 0.1) is 12.3 Å². The number of aliphatic hydroxyl groups excluding tert-OH is 1. The van der Waals surface area contributed by atoms with Crippen LogP contribution in [0.4, 0.5) is 0 Å². The number of aromatic nitrogens is 2. The van der Waals surface area contributed by atoms with Crippen molar-refractivity contribution in [3.05, 3.63) is 46.7 Å². The summed E-state index contributed by atoms with van der Waals surface area (Å²) in [6.45, 7) is 4.74. The lowest BCUT2D eigenvalue weighted by atomic mass is 10.2. The smallest absolute Gasteiger partial charge is 0.159 e. The van der Waals surface area contributed by atoms with Crippen LogP contribution in [-0.4, -0.2) is 39.7 Å². The molecule has 1 unspecified atom stereocenters. The minimum Gasteiger partial charge on any atom is -0.395 e. The summed E-state index contributed by atoms with van der Waals surface area (Å²) in [4.78, 5) is 11.2. The van der Waals surface area contributed by atoms with Crippen molar-refractivity contribution in [1.29, 1.82) is 0 Å². The Bertz CT molecular complexity index is 601. The van der Waals surface area contributed by atoms with Crippen LogP contribution < -0.4 is 0 Å². The second-order valence-electron chi connectivity index (χ2n) is 5.28. The molecular weight excluding hydrogens is 286 g/mol. The molecule has 1 atom stereocenters. The highest BCUT2D eigenvalue weighted by molar-refractivity contribution is 6.30. The average molecular weight is 306 g/mol. The molecule has 2 aromatic rings. The number of benzene rings is 1. The van der Waals surface area contributed by atoms with Gasteiger partial charge in [0, 0.05) is 28.9 Å². The van der Waals surface area contributed by atoms with Crippen LogP contribution in [0.2, 0.25) is 5.02 Å². The number of rotatable bonds is 5. The van der Waals surface area contributed by atoms with E-state index in [0.717, 1.165) is 17.0 Å². The second-order valence-corrected chi connectivity index (χ2v) is 5.71. The molecule has 1 N–H and O–H groups in total. The summed E-state index contributed by atoms with van der Waals surface area (Å²) in [6, 6.07) is 9.58. The molecule has 0 aliphatic rings. The SMILES string of the molecule is Cc1cc(CN(C)C(C)CO)nc(-c2ccc(Cl)cc2)n1. The Morgan fingerprint density at radius 3 is 2.52 bits per heavy atom. The number of hydrogen-bond donors (Lipinski definition) is 1. The minimum absolute atomic E-state index is 0.0965. The second kappa shape index (κ2) is 6.98. The first-order valence-electron chi connectivity index (χ1n) is 6.91. The van der Waals surface area contributed by atoms with Crippen molar-refractivity contribution in [1.82, 2.24) is 14.9 Å². The number of nitrogens with zero attached hydrogens (tertiary/aromatic N) is 3. The lowest BCUT2D eigenvalue weighted by molar-refractivity contribution is 0.153. The number of aryl methyl sites for hydroxylation is 1. The van der Waals surface area contributed by atoms with Gasteiger partial charge in [-0.1, -0.05) is 11.6 Å². The van der Waals surface area contributed by atoms with Gasteiger partial charge in [-0.25, -0.2) is 9.97 Å². The Morgan fingerprint density at radius 2 is 1.90 bits per heavy atom. The van der Waals surface area contributed by atoms with Crippen molar-refractivity contribution in [3.63, 3.8) is 0 Å². The topological polar surface area (TPSA) is 49.2 Å². The Kier molecular flexibility index (Phi) is 5.28. The number of hydrogen-bond acceptors (Lipinski definition) is 4. The fourth-order valence-electron chi connectivity index (χ4n) is 1.99. The van der Waals surface area contributed by atoms with E-state index in [1.807, 2.05) is 51.2 Å². The van der Waals surface area contributed by atoms with Crippen molar-refractivity contribution in [3.8, 4) is 11.4 Å². The highest BCUT2D eigenvalue weighted by Crippen LogP contribution is 2.19. The molecule has 5 heteroatoms. The fourth-order valence-corrected chi connectivity index (χ4v) is 2.12. The Labute approximate surface area is 130 Å². The summed E-state index contributed by atoms with van der Waals surface area (Å²) in [5, 5.41) is 9.91. The van der Waals surface area contributed by atoms with Crippen molar-refractivity contribution in [2.75, 3.05) is 13.7 Å². The molecule has 1 aromatic heterocycles.